The van der Waals surface area contributed by atoms with Crippen molar-refractivity contribution in [1.29, 1.82) is 0 Å². The van der Waals surface area contributed by atoms with Gasteiger partial charge in [0.25, 0.3) is 0 Å². The van der Waals surface area contributed by atoms with Gasteiger partial charge in [0.1, 0.15) is 5.60 Å². The number of piperazine rings is 1. The molecule has 0 aliphatic carbocycles. The molecule has 1 atom stereocenters. The van der Waals surface area contributed by atoms with Gasteiger partial charge in [0.15, 0.2) is 0 Å². The van der Waals surface area contributed by atoms with Gasteiger partial charge in [-0.3, -0.25) is 4.90 Å². The molecule has 0 spiro atoms. The molecule has 1 amide bonds. The smallest absolute Gasteiger partial charge is 0.410 e. The number of hydrogen-bond acceptors (Lipinski definition) is 4. The van der Waals surface area contributed by atoms with Gasteiger partial charge >= 0.3 is 12.1 Å². The summed E-state index contributed by atoms with van der Waals surface area (Å²) < 4.78 is 5.53. The third-order valence-corrected chi connectivity index (χ3v) is 4.56. The third-order valence-electron chi connectivity index (χ3n) is 4.56. The predicted octanol–water partition coefficient (Wildman–Crippen LogP) is 3.85. The van der Waals surface area contributed by atoms with Crippen molar-refractivity contribution < 1.29 is 19.4 Å². The second-order valence-corrected chi connectivity index (χ2v) is 8.69. The van der Waals surface area contributed by atoms with Crippen LogP contribution in [-0.2, 0) is 11.3 Å². The number of carboxylic acids is 1. The van der Waals surface area contributed by atoms with Crippen molar-refractivity contribution in [3.05, 3.63) is 35.4 Å². The topological polar surface area (TPSA) is 70.1 Å². The molecular formula is C21H32N2O4. The van der Waals surface area contributed by atoms with Crippen molar-refractivity contribution in [2.75, 3.05) is 19.6 Å². The average molecular weight is 376 g/mol. The van der Waals surface area contributed by atoms with Crippen molar-refractivity contribution in [3.8, 4) is 0 Å². The number of nitrogens with zero attached hydrogens (tertiary/aromatic N) is 2. The average Bonchev–Trinajstić information content (AvgIpc) is 2.54. The fraction of sp³-hybridized carbons (Fsp3) is 0.619. The van der Waals surface area contributed by atoms with E-state index in [1.807, 2.05) is 26.8 Å². The summed E-state index contributed by atoms with van der Waals surface area (Å²) in [6.45, 7) is 12.7. The molecule has 6 nitrogen and oxygen atoms in total. The maximum absolute atomic E-state index is 12.4. The molecule has 1 aromatic rings. The van der Waals surface area contributed by atoms with Crippen molar-refractivity contribution in [2.45, 2.75) is 59.2 Å². The number of amides is 1. The lowest BCUT2D eigenvalue weighted by Gasteiger charge is -2.42. The number of aromatic carboxylic acids is 1. The van der Waals surface area contributed by atoms with E-state index < -0.39 is 11.6 Å². The Balaban J connectivity index is 2.09. The number of benzene rings is 1. The zero-order chi connectivity index (χ0) is 20.2. The molecule has 150 valence electrons. The first kappa shape index (κ1) is 21.2. The fourth-order valence-corrected chi connectivity index (χ4v) is 3.40. The summed E-state index contributed by atoms with van der Waals surface area (Å²) in [5.74, 6) is -0.410. The van der Waals surface area contributed by atoms with E-state index in [2.05, 4.69) is 18.7 Å². The van der Waals surface area contributed by atoms with Crippen LogP contribution < -0.4 is 0 Å². The van der Waals surface area contributed by atoms with Crippen LogP contribution in [0.2, 0.25) is 0 Å². The Hall–Kier alpha value is -2.08. The highest BCUT2D eigenvalue weighted by atomic mass is 16.6. The van der Waals surface area contributed by atoms with E-state index in [-0.39, 0.29) is 12.1 Å². The van der Waals surface area contributed by atoms with Gasteiger partial charge < -0.3 is 14.7 Å². The summed E-state index contributed by atoms with van der Waals surface area (Å²) in [5.41, 5.74) is 0.786. The van der Waals surface area contributed by atoms with Gasteiger partial charge in [-0.1, -0.05) is 26.0 Å². The third kappa shape index (κ3) is 6.54. The molecule has 1 aliphatic rings. The van der Waals surface area contributed by atoms with E-state index in [1.165, 1.54) is 0 Å². The van der Waals surface area contributed by atoms with E-state index in [0.717, 1.165) is 18.5 Å². The fourth-order valence-electron chi connectivity index (χ4n) is 3.40. The highest BCUT2D eigenvalue weighted by molar-refractivity contribution is 5.87. The Morgan fingerprint density at radius 2 is 1.96 bits per heavy atom. The molecule has 1 fully saturated rings. The van der Waals surface area contributed by atoms with E-state index in [9.17, 15) is 14.7 Å². The van der Waals surface area contributed by atoms with Gasteiger partial charge in [0, 0.05) is 32.2 Å². The molecule has 1 unspecified atom stereocenters. The standard InChI is InChI=1S/C21H32N2O4/c1-15(2)11-18-14-23(20(26)27-21(3,4)5)10-9-22(18)13-16-7-6-8-17(12-16)19(24)25/h6-8,12,15,18H,9-11,13-14H2,1-5H3,(H,24,25). The van der Waals surface area contributed by atoms with Crippen LogP contribution in [0.1, 0.15) is 57.0 Å². The molecule has 1 aliphatic heterocycles. The van der Waals surface area contributed by atoms with Crippen LogP contribution in [0.25, 0.3) is 0 Å². The number of carbonyl (C=O) groups is 2. The molecule has 0 aromatic heterocycles. The van der Waals surface area contributed by atoms with Crippen molar-refractivity contribution in [3.63, 3.8) is 0 Å². The quantitative estimate of drug-likeness (QED) is 0.845. The molecule has 1 aromatic carbocycles. The molecule has 0 radical (unpaired) electrons. The minimum atomic E-state index is -0.912. The van der Waals surface area contributed by atoms with E-state index in [4.69, 9.17) is 4.74 Å². The number of carbonyl (C=O) groups excluding carboxylic acids is 1. The highest BCUT2D eigenvalue weighted by Gasteiger charge is 2.32. The first-order chi connectivity index (χ1) is 12.5. The molecule has 0 bridgehead atoms. The summed E-state index contributed by atoms with van der Waals surface area (Å²) in [6, 6.07) is 7.30. The van der Waals surface area contributed by atoms with Gasteiger partial charge in [-0.2, -0.15) is 0 Å². The maximum Gasteiger partial charge on any atom is 0.410 e. The van der Waals surface area contributed by atoms with Crippen LogP contribution in [0.4, 0.5) is 4.79 Å². The lowest BCUT2D eigenvalue weighted by Crippen LogP contribution is -2.55. The molecule has 1 saturated heterocycles. The molecule has 27 heavy (non-hydrogen) atoms. The SMILES string of the molecule is CC(C)CC1CN(C(=O)OC(C)(C)C)CCN1Cc1cccc(C(=O)O)c1. The van der Waals surface area contributed by atoms with Gasteiger partial charge in [-0.05, 0) is 50.8 Å². The van der Waals surface area contributed by atoms with Crippen LogP contribution in [-0.4, -0.2) is 58.2 Å². The van der Waals surface area contributed by atoms with Crippen LogP contribution in [0.15, 0.2) is 24.3 Å². The molecule has 1 N–H and O–H groups in total. The Morgan fingerprint density at radius 3 is 2.56 bits per heavy atom. The molecule has 2 rings (SSSR count). The largest absolute Gasteiger partial charge is 0.478 e. The Labute approximate surface area is 162 Å². The first-order valence-corrected chi connectivity index (χ1v) is 9.59. The first-order valence-electron chi connectivity index (χ1n) is 9.59. The second kappa shape index (κ2) is 8.74. The monoisotopic (exact) mass is 376 g/mol. The summed E-state index contributed by atoms with van der Waals surface area (Å²) in [7, 11) is 0. The van der Waals surface area contributed by atoms with Crippen LogP contribution >= 0.6 is 0 Å². The van der Waals surface area contributed by atoms with Crippen LogP contribution in [0, 0.1) is 5.92 Å². The van der Waals surface area contributed by atoms with Gasteiger partial charge in [0.05, 0.1) is 5.56 Å². The number of rotatable bonds is 5. The number of ether oxygens (including phenoxy) is 1. The molecule has 1 heterocycles. The molecular weight excluding hydrogens is 344 g/mol. The zero-order valence-electron chi connectivity index (χ0n) is 17.1. The van der Waals surface area contributed by atoms with E-state index in [1.54, 1.807) is 23.1 Å². The Morgan fingerprint density at radius 1 is 1.26 bits per heavy atom. The summed E-state index contributed by atoms with van der Waals surface area (Å²) >= 11 is 0. The van der Waals surface area contributed by atoms with Crippen LogP contribution in [0.3, 0.4) is 0 Å². The van der Waals surface area contributed by atoms with Crippen molar-refractivity contribution in [1.82, 2.24) is 9.80 Å². The predicted molar refractivity (Wildman–Crippen MR) is 105 cm³/mol. The number of hydrogen-bond donors (Lipinski definition) is 1. The van der Waals surface area contributed by atoms with E-state index >= 15 is 0 Å². The van der Waals surface area contributed by atoms with Crippen molar-refractivity contribution in [2.24, 2.45) is 5.92 Å². The van der Waals surface area contributed by atoms with Gasteiger partial charge in [-0.15, -0.1) is 0 Å². The highest BCUT2D eigenvalue weighted by Crippen LogP contribution is 2.22. The van der Waals surface area contributed by atoms with Crippen molar-refractivity contribution >= 4 is 12.1 Å². The minimum Gasteiger partial charge on any atom is -0.478 e. The zero-order valence-corrected chi connectivity index (χ0v) is 17.1. The van der Waals surface area contributed by atoms with Gasteiger partial charge in [0.2, 0.25) is 0 Å². The van der Waals surface area contributed by atoms with Crippen LogP contribution in [0.5, 0.6) is 0 Å². The Bertz CT molecular complexity index is 666. The summed E-state index contributed by atoms with van der Waals surface area (Å²) in [5, 5.41) is 9.20. The lowest BCUT2D eigenvalue weighted by atomic mass is 9.99. The van der Waals surface area contributed by atoms with E-state index in [0.29, 0.717) is 31.1 Å². The minimum absolute atomic E-state index is 0.222. The lowest BCUT2D eigenvalue weighted by molar-refractivity contribution is -0.000369. The van der Waals surface area contributed by atoms with Gasteiger partial charge in [-0.25, -0.2) is 9.59 Å². The maximum atomic E-state index is 12.4. The number of carboxylic acid groups (broad SMARTS) is 1. The Kier molecular flexibility index (Phi) is 6.87. The summed E-state index contributed by atoms with van der Waals surface area (Å²) in [4.78, 5) is 27.8. The normalized spacial score (nSPS) is 18.6. The molecule has 6 heteroatoms. The molecule has 0 saturated carbocycles. The second-order valence-electron chi connectivity index (χ2n) is 8.69. The summed E-state index contributed by atoms with van der Waals surface area (Å²) in [6.07, 6.45) is 0.710.